The molecule has 156 valence electrons. The molecule has 1 aliphatic heterocycles. The third-order valence-corrected chi connectivity index (χ3v) is 6.96. The number of nitrogens with zero attached hydrogens (tertiary/aromatic N) is 2. The van der Waals surface area contributed by atoms with Gasteiger partial charge in [-0.05, 0) is 54.8 Å². The maximum atomic E-state index is 13.1. The molecule has 1 heterocycles. The molecule has 0 spiro atoms. The van der Waals surface area contributed by atoms with Gasteiger partial charge in [0.2, 0.25) is 15.9 Å². The van der Waals surface area contributed by atoms with Crippen molar-refractivity contribution in [1.29, 1.82) is 0 Å². The maximum absolute atomic E-state index is 13.1. The monoisotopic (exact) mass is 420 g/mol. The zero-order valence-electron chi connectivity index (χ0n) is 16.4. The second-order valence-electron chi connectivity index (χ2n) is 6.94. The standard InChI is InChI=1S/C21H25FN2O4S/c1-28-19-8-3-17(4-9-19)5-12-21(25)23-13-2-14-24(16-15-23)29(26,27)20-10-6-18(22)7-11-20/h3-4,6-11H,2,5,12-16H2,1H3. The topological polar surface area (TPSA) is 66.9 Å². The lowest BCUT2D eigenvalue weighted by molar-refractivity contribution is -0.131. The van der Waals surface area contributed by atoms with E-state index >= 15 is 0 Å². The Morgan fingerprint density at radius 1 is 1.00 bits per heavy atom. The average Bonchev–Trinajstić information content (AvgIpc) is 2.99. The highest BCUT2D eigenvalue weighted by atomic mass is 32.2. The summed E-state index contributed by atoms with van der Waals surface area (Å²) in [4.78, 5) is 14.4. The Hall–Kier alpha value is -2.45. The predicted molar refractivity (Wildman–Crippen MR) is 108 cm³/mol. The highest BCUT2D eigenvalue weighted by Gasteiger charge is 2.28. The van der Waals surface area contributed by atoms with Crippen molar-refractivity contribution in [3.05, 3.63) is 59.9 Å². The van der Waals surface area contributed by atoms with Crippen molar-refractivity contribution in [3.8, 4) is 5.75 Å². The zero-order chi connectivity index (χ0) is 20.9. The minimum atomic E-state index is -3.70. The number of hydrogen-bond donors (Lipinski definition) is 0. The molecule has 0 aliphatic carbocycles. The molecule has 1 aliphatic rings. The number of carbonyl (C=O) groups is 1. The van der Waals surface area contributed by atoms with Gasteiger partial charge in [-0.25, -0.2) is 12.8 Å². The molecule has 29 heavy (non-hydrogen) atoms. The van der Waals surface area contributed by atoms with Gasteiger partial charge in [0.1, 0.15) is 11.6 Å². The minimum Gasteiger partial charge on any atom is -0.497 e. The first kappa shape index (κ1) is 21.3. The van der Waals surface area contributed by atoms with Crippen molar-refractivity contribution in [2.75, 3.05) is 33.3 Å². The highest BCUT2D eigenvalue weighted by molar-refractivity contribution is 7.89. The second kappa shape index (κ2) is 9.37. The van der Waals surface area contributed by atoms with E-state index in [1.807, 2.05) is 24.3 Å². The van der Waals surface area contributed by atoms with Crippen LogP contribution in [0.4, 0.5) is 4.39 Å². The van der Waals surface area contributed by atoms with Gasteiger partial charge in [-0.15, -0.1) is 0 Å². The van der Waals surface area contributed by atoms with Crippen LogP contribution < -0.4 is 4.74 Å². The number of amides is 1. The molecule has 3 rings (SSSR count). The van der Waals surface area contributed by atoms with Crippen molar-refractivity contribution in [2.45, 2.75) is 24.2 Å². The summed E-state index contributed by atoms with van der Waals surface area (Å²) < 4.78 is 45.2. The molecule has 0 bridgehead atoms. The Morgan fingerprint density at radius 2 is 1.69 bits per heavy atom. The minimum absolute atomic E-state index is 0.0156. The highest BCUT2D eigenvalue weighted by Crippen LogP contribution is 2.19. The SMILES string of the molecule is COc1ccc(CCC(=O)N2CCCN(S(=O)(=O)c3ccc(F)cc3)CC2)cc1. The molecule has 1 amide bonds. The van der Waals surface area contributed by atoms with E-state index in [9.17, 15) is 17.6 Å². The number of carbonyl (C=O) groups excluding carboxylic acids is 1. The first-order valence-corrected chi connectivity index (χ1v) is 11.0. The largest absolute Gasteiger partial charge is 0.497 e. The zero-order valence-corrected chi connectivity index (χ0v) is 17.2. The van der Waals surface area contributed by atoms with Gasteiger partial charge < -0.3 is 9.64 Å². The summed E-state index contributed by atoms with van der Waals surface area (Å²) >= 11 is 0. The van der Waals surface area contributed by atoms with Gasteiger partial charge in [0.05, 0.1) is 12.0 Å². The molecule has 6 nitrogen and oxygen atoms in total. The van der Waals surface area contributed by atoms with Crippen molar-refractivity contribution in [2.24, 2.45) is 0 Å². The molecule has 2 aromatic carbocycles. The number of benzene rings is 2. The van der Waals surface area contributed by atoms with Gasteiger partial charge in [0.15, 0.2) is 0 Å². The van der Waals surface area contributed by atoms with E-state index < -0.39 is 15.8 Å². The molecule has 0 aromatic heterocycles. The van der Waals surface area contributed by atoms with E-state index in [-0.39, 0.29) is 17.3 Å². The van der Waals surface area contributed by atoms with Crippen LogP contribution in [-0.4, -0.2) is 56.8 Å². The van der Waals surface area contributed by atoms with E-state index in [1.165, 1.54) is 16.4 Å². The van der Waals surface area contributed by atoms with Crippen molar-refractivity contribution in [1.82, 2.24) is 9.21 Å². The van der Waals surface area contributed by atoms with Crippen LogP contribution in [0.15, 0.2) is 53.4 Å². The van der Waals surface area contributed by atoms with Gasteiger partial charge in [-0.1, -0.05) is 12.1 Å². The van der Waals surface area contributed by atoms with E-state index in [1.54, 1.807) is 12.0 Å². The fraction of sp³-hybridized carbons (Fsp3) is 0.381. The summed E-state index contributed by atoms with van der Waals surface area (Å²) in [5, 5.41) is 0. The Balaban J connectivity index is 1.57. The second-order valence-corrected chi connectivity index (χ2v) is 8.88. The molecule has 1 saturated heterocycles. The molecule has 2 aromatic rings. The number of hydrogen-bond acceptors (Lipinski definition) is 4. The summed E-state index contributed by atoms with van der Waals surface area (Å²) in [6, 6.07) is 12.4. The predicted octanol–water partition coefficient (Wildman–Crippen LogP) is 2.69. The fourth-order valence-corrected chi connectivity index (χ4v) is 4.81. The number of aryl methyl sites for hydroxylation is 1. The number of halogens is 1. The van der Waals surface area contributed by atoms with Crippen molar-refractivity contribution < 1.29 is 22.3 Å². The summed E-state index contributed by atoms with van der Waals surface area (Å²) in [6.07, 6.45) is 1.56. The summed E-state index contributed by atoms with van der Waals surface area (Å²) in [7, 11) is -2.09. The Morgan fingerprint density at radius 3 is 2.34 bits per heavy atom. The molecule has 8 heteroatoms. The molecular weight excluding hydrogens is 395 g/mol. The van der Waals surface area contributed by atoms with Gasteiger partial charge in [-0.3, -0.25) is 4.79 Å². The van der Waals surface area contributed by atoms with Crippen LogP contribution in [0.3, 0.4) is 0 Å². The van der Waals surface area contributed by atoms with Crippen LogP contribution in [0.5, 0.6) is 5.75 Å². The van der Waals surface area contributed by atoms with Gasteiger partial charge >= 0.3 is 0 Å². The van der Waals surface area contributed by atoms with Crippen LogP contribution in [0, 0.1) is 5.82 Å². The van der Waals surface area contributed by atoms with Crippen LogP contribution in [-0.2, 0) is 21.2 Å². The molecule has 0 unspecified atom stereocenters. The Bertz CT molecular complexity index is 930. The lowest BCUT2D eigenvalue weighted by Gasteiger charge is -2.22. The number of sulfonamides is 1. The molecule has 0 radical (unpaired) electrons. The normalized spacial score (nSPS) is 15.7. The lowest BCUT2D eigenvalue weighted by Crippen LogP contribution is -2.37. The van der Waals surface area contributed by atoms with Gasteiger partial charge in [0.25, 0.3) is 0 Å². The van der Waals surface area contributed by atoms with E-state index in [0.717, 1.165) is 23.4 Å². The lowest BCUT2D eigenvalue weighted by atomic mass is 10.1. The molecule has 0 atom stereocenters. The average molecular weight is 421 g/mol. The van der Waals surface area contributed by atoms with Gasteiger partial charge in [0, 0.05) is 32.6 Å². The van der Waals surface area contributed by atoms with E-state index in [4.69, 9.17) is 4.74 Å². The first-order chi connectivity index (χ1) is 13.9. The van der Waals surface area contributed by atoms with Crippen LogP contribution >= 0.6 is 0 Å². The summed E-state index contributed by atoms with van der Waals surface area (Å²) in [6.45, 7) is 1.44. The smallest absolute Gasteiger partial charge is 0.243 e. The maximum Gasteiger partial charge on any atom is 0.243 e. The molecule has 0 saturated carbocycles. The van der Waals surface area contributed by atoms with Gasteiger partial charge in [-0.2, -0.15) is 4.31 Å². The van der Waals surface area contributed by atoms with Crippen molar-refractivity contribution in [3.63, 3.8) is 0 Å². The number of rotatable bonds is 6. The van der Waals surface area contributed by atoms with E-state index in [2.05, 4.69) is 0 Å². The summed E-state index contributed by atoms with van der Waals surface area (Å²) in [5.74, 6) is 0.311. The first-order valence-electron chi connectivity index (χ1n) is 9.56. The summed E-state index contributed by atoms with van der Waals surface area (Å²) in [5.41, 5.74) is 1.05. The van der Waals surface area contributed by atoms with Crippen LogP contribution in [0.2, 0.25) is 0 Å². The fourth-order valence-electron chi connectivity index (χ4n) is 3.34. The number of methoxy groups -OCH3 is 1. The molecule has 1 fully saturated rings. The molecular formula is C21H25FN2O4S. The third-order valence-electron chi connectivity index (χ3n) is 5.05. The number of ether oxygens (including phenoxy) is 1. The Labute approximate surface area is 170 Å². The quantitative estimate of drug-likeness (QED) is 0.721. The third kappa shape index (κ3) is 5.33. The van der Waals surface area contributed by atoms with Crippen LogP contribution in [0.25, 0.3) is 0 Å². The molecule has 0 N–H and O–H groups in total. The van der Waals surface area contributed by atoms with E-state index in [0.29, 0.717) is 38.9 Å². The Kier molecular flexibility index (Phi) is 6.87. The van der Waals surface area contributed by atoms with Crippen LogP contribution in [0.1, 0.15) is 18.4 Å². The van der Waals surface area contributed by atoms with Crippen molar-refractivity contribution >= 4 is 15.9 Å².